The quantitative estimate of drug-likeness (QED) is 0.844. The zero-order valence-corrected chi connectivity index (χ0v) is 10.3. The summed E-state index contributed by atoms with van der Waals surface area (Å²) >= 11 is 3.58. The van der Waals surface area contributed by atoms with E-state index in [1.165, 1.54) is 0 Å². The van der Waals surface area contributed by atoms with Gasteiger partial charge in [0.2, 0.25) is 0 Å². The zero-order chi connectivity index (χ0) is 11.0. The summed E-state index contributed by atoms with van der Waals surface area (Å²) in [6.07, 6.45) is 3.70. The predicted molar refractivity (Wildman–Crippen MR) is 65.8 cm³/mol. The number of aromatic nitrogens is 3. The van der Waals surface area contributed by atoms with Gasteiger partial charge in [-0.1, -0.05) is 0 Å². The number of piperazine rings is 1. The van der Waals surface area contributed by atoms with Gasteiger partial charge >= 0.3 is 0 Å². The van der Waals surface area contributed by atoms with Crippen LogP contribution in [0.4, 0.5) is 5.82 Å². The van der Waals surface area contributed by atoms with Crippen LogP contribution in [0.5, 0.6) is 0 Å². The molecule has 0 amide bonds. The minimum Gasteiger partial charge on any atom is -0.352 e. The van der Waals surface area contributed by atoms with Crippen molar-refractivity contribution in [2.45, 2.75) is 0 Å². The Labute approximate surface area is 102 Å². The number of rotatable bonds is 1. The maximum Gasteiger partial charge on any atom is 0.171 e. The van der Waals surface area contributed by atoms with E-state index in [9.17, 15) is 0 Å². The Hall–Kier alpha value is -1.14. The van der Waals surface area contributed by atoms with E-state index in [1.807, 2.05) is 12.3 Å². The van der Waals surface area contributed by atoms with Crippen LogP contribution in [0.25, 0.3) is 5.65 Å². The molecule has 5 nitrogen and oxygen atoms in total. The standard InChI is InChI=1S/C10H12BrN5/c11-8-9-13-2-1-5-16(9)14-10(8)15-6-3-12-4-7-15/h1-2,5,12H,3-4,6-7H2. The van der Waals surface area contributed by atoms with Crippen LogP contribution in [0.3, 0.4) is 0 Å². The van der Waals surface area contributed by atoms with Crippen LogP contribution >= 0.6 is 15.9 Å². The zero-order valence-electron chi connectivity index (χ0n) is 8.73. The number of halogens is 1. The molecule has 2 aromatic heterocycles. The molecular formula is C10H12BrN5. The highest BCUT2D eigenvalue weighted by atomic mass is 79.9. The third-order valence-electron chi connectivity index (χ3n) is 2.74. The average molecular weight is 282 g/mol. The fourth-order valence-electron chi connectivity index (χ4n) is 1.93. The van der Waals surface area contributed by atoms with E-state index in [1.54, 1.807) is 10.7 Å². The van der Waals surface area contributed by atoms with Crippen LogP contribution in [0.2, 0.25) is 0 Å². The normalized spacial score (nSPS) is 16.9. The van der Waals surface area contributed by atoms with Crippen LogP contribution in [-0.4, -0.2) is 40.8 Å². The van der Waals surface area contributed by atoms with Crippen LogP contribution in [0.1, 0.15) is 0 Å². The highest BCUT2D eigenvalue weighted by Gasteiger charge is 2.18. The summed E-state index contributed by atoms with van der Waals surface area (Å²) < 4.78 is 2.79. The van der Waals surface area contributed by atoms with Gasteiger partial charge in [0, 0.05) is 38.6 Å². The Bertz CT molecular complexity index is 503. The van der Waals surface area contributed by atoms with Gasteiger partial charge in [-0.25, -0.2) is 9.50 Å². The van der Waals surface area contributed by atoms with Gasteiger partial charge in [0.1, 0.15) is 4.47 Å². The van der Waals surface area contributed by atoms with E-state index in [0.717, 1.165) is 42.1 Å². The molecule has 6 heteroatoms. The Morgan fingerprint density at radius 2 is 2.12 bits per heavy atom. The molecule has 1 aliphatic rings. The number of hydrogen-bond acceptors (Lipinski definition) is 4. The van der Waals surface area contributed by atoms with Crippen molar-refractivity contribution in [1.29, 1.82) is 0 Å². The molecule has 2 aromatic rings. The third-order valence-corrected chi connectivity index (χ3v) is 3.45. The van der Waals surface area contributed by atoms with E-state index in [-0.39, 0.29) is 0 Å². The minimum atomic E-state index is 0.871. The SMILES string of the molecule is Brc1c(N2CCNCC2)nn2cccnc12. The van der Waals surface area contributed by atoms with Crippen molar-refractivity contribution in [1.82, 2.24) is 19.9 Å². The first kappa shape index (κ1) is 10.0. The molecule has 3 heterocycles. The van der Waals surface area contributed by atoms with Crippen molar-refractivity contribution < 1.29 is 0 Å². The summed E-state index contributed by atoms with van der Waals surface area (Å²) in [5.41, 5.74) is 0.871. The summed E-state index contributed by atoms with van der Waals surface area (Å²) in [6, 6.07) is 1.88. The maximum absolute atomic E-state index is 4.54. The lowest BCUT2D eigenvalue weighted by molar-refractivity contribution is 0.583. The second kappa shape index (κ2) is 4.03. The summed E-state index contributed by atoms with van der Waals surface area (Å²) in [5.74, 6) is 0.986. The minimum absolute atomic E-state index is 0.871. The monoisotopic (exact) mass is 281 g/mol. The fourth-order valence-corrected chi connectivity index (χ4v) is 2.54. The van der Waals surface area contributed by atoms with Crippen LogP contribution < -0.4 is 10.2 Å². The van der Waals surface area contributed by atoms with Gasteiger partial charge in [0.15, 0.2) is 11.5 Å². The lowest BCUT2D eigenvalue weighted by Gasteiger charge is -2.27. The Morgan fingerprint density at radius 3 is 2.88 bits per heavy atom. The van der Waals surface area contributed by atoms with Crippen molar-refractivity contribution in [2.75, 3.05) is 31.1 Å². The Kier molecular flexibility index (Phi) is 2.53. The smallest absolute Gasteiger partial charge is 0.171 e. The Balaban J connectivity index is 2.05. The van der Waals surface area contributed by atoms with E-state index in [0.29, 0.717) is 0 Å². The molecule has 3 rings (SSSR count). The average Bonchev–Trinajstić information content (AvgIpc) is 2.69. The van der Waals surface area contributed by atoms with Crippen molar-refractivity contribution >= 4 is 27.4 Å². The van der Waals surface area contributed by atoms with Gasteiger partial charge in [-0.3, -0.25) is 0 Å². The van der Waals surface area contributed by atoms with Gasteiger partial charge in [0.25, 0.3) is 0 Å². The molecule has 84 valence electrons. The van der Waals surface area contributed by atoms with Gasteiger partial charge in [0.05, 0.1) is 0 Å². The highest BCUT2D eigenvalue weighted by Crippen LogP contribution is 2.28. The molecule has 16 heavy (non-hydrogen) atoms. The molecule has 1 saturated heterocycles. The molecule has 0 spiro atoms. The highest BCUT2D eigenvalue weighted by molar-refractivity contribution is 9.10. The predicted octanol–water partition coefficient (Wildman–Crippen LogP) is 0.901. The lowest BCUT2D eigenvalue weighted by Crippen LogP contribution is -2.43. The molecule has 0 aliphatic carbocycles. The van der Waals surface area contributed by atoms with E-state index >= 15 is 0 Å². The van der Waals surface area contributed by atoms with Gasteiger partial charge in [-0.2, -0.15) is 0 Å². The molecule has 0 atom stereocenters. The van der Waals surface area contributed by atoms with Crippen molar-refractivity contribution in [3.05, 3.63) is 22.9 Å². The summed E-state index contributed by atoms with van der Waals surface area (Å²) in [6.45, 7) is 3.99. The van der Waals surface area contributed by atoms with E-state index in [4.69, 9.17) is 0 Å². The van der Waals surface area contributed by atoms with Crippen LogP contribution in [0.15, 0.2) is 22.9 Å². The number of hydrogen-bond donors (Lipinski definition) is 1. The topological polar surface area (TPSA) is 45.5 Å². The summed E-state index contributed by atoms with van der Waals surface area (Å²) in [4.78, 5) is 6.58. The maximum atomic E-state index is 4.54. The molecule has 0 aromatic carbocycles. The largest absolute Gasteiger partial charge is 0.352 e. The third kappa shape index (κ3) is 1.58. The van der Waals surface area contributed by atoms with Crippen molar-refractivity contribution in [2.24, 2.45) is 0 Å². The summed E-state index contributed by atoms with van der Waals surface area (Å²) in [7, 11) is 0. The number of fused-ring (bicyclic) bond motifs is 1. The van der Waals surface area contributed by atoms with E-state index in [2.05, 4.69) is 36.2 Å². The first-order valence-electron chi connectivity index (χ1n) is 5.31. The first-order chi connectivity index (χ1) is 7.86. The first-order valence-corrected chi connectivity index (χ1v) is 6.10. The molecule has 1 N–H and O–H groups in total. The van der Waals surface area contributed by atoms with Crippen molar-refractivity contribution in [3.63, 3.8) is 0 Å². The van der Waals surface area contributed by atoms with Gasteiger partial charge in [-0.15, -0.1) is 5.10 Å². The van der Waals surface area contributed by atoms with Crippen LogP contribution in [-0.2, 0) is 0 Å². The van der Waals surface area contributed by atoms with Crippen molar-refractivity contribution in [3.8, 4) is 0 Å². The molecule has 1 aliphatic heterocycles. The van der Waals surface area contributed by atoms with Gasteiger partial charge < -0.3 is 10.2 Å². The molecular weight excluding hydrogens is 270 g/mol. The number of anilines is 1. The van der Waals surface area contributed by atoms with Crippen LogP contribution in [0, 0.1) is 0 Å². The van der Waals surface area contributed by atoms with E-state index < -0.39 is 0 Å². The molecule has 0 unspecified atom stereocenters. The number of nitrogens with one attached hydrogen (secondary N) is 1. The lowest BCUT2D eigenvalue weighted by atomic mass is 10.3. The molecule has 0 bridgehead atoms. The molecule has 0 saturated carbocycles. The van der Waals surface area contributed by atoms with Gasteiger partial charge in [-0.05, 0) is 22.0 Å². The molecule has 0 radical (unpaired) electrons. The summed E-state index contributed by atoms with van der Waals surface area (Å²) in [5, 5.41) is 7.87. The fraction of sp³-hybridized carbons (Fsp3) is 0.400. The second-order valence-corrected chi connectivity index (χ2v) is 4.56. The Morgan fingerprint density at radius 1 is 1.31 bits per heavy atom. The molecule has 1 fully saturated rings. The second-order valence-electron chi connectivity index (χ2n) is 3.76. The number of nitrogens with zero attached hydrogens (tertiary/aromatic N) is 4.